The van der Waals surface area contributed by atoms with Crippen molar-refractivity contribution in [2.75, 3.05) is 25.6 Å². The molecule has 5 heteroatoms. The Morgan fingerprint density at radius 1 is 0.733 bits per heavy atom. The highest BCUT2D eigenvalue weighted by molar-refractivity contribution is 5.92. The van der Waals surface area contributed by atoms with Crippen LogP contribution in [0.15, 0.2) is 78.9 Å². The number of anilines is 1. The van der Waals surface area contributed by atoms with Crippen LogP contribution in [0.5, 0.6) is 0 Å². The van der Waals surface area contributed by atoms with Gasteiger partial charge in [0.15, 0.2) is 0 Å². The molecule has 0 fully saturated rings. The van der Waals surface area contributed by atoms with Gasteiger partial charge in [-0.2, -0.15) is 0 Å². The van der Waals surface area contributed by atoms with Crippen molar-refractivity contribution < 1.29 is 14.3 Å². The van der Waals surface area contributed by atoms with Gasteiger partial charge in [-0.05, 0) is 34.4 Å². The first-order valence-corrected chi connectivity index (χ1v) is 9.93. The van der Waals surface area contributed by atoms with Crippen LogP contribution in [0.3, 0.4) is 0 Å². The lowest BCUT2D eigenvalue weighted by molar-refractivity contribution is -0.120. The number of carbonyl (C=O) groups is 2. The molecule has 0 spiro atoms. The number of carbonyl (C=O) groups excluding carboxylic acids is 2. The Kier molecular flexibility index (Phi) is 7.75. The molecule has 0 atom stereocenters. The summed E-state index contributed by atoms with van der Waals surface area (Å²) in [4.78, 5) is 24.2. The molecule has 3 rings (SSSR count). The zero-order valence-corrected chi connectivity index (χ0v) is 17.1. The van der Waals surface area contributed by atoms with Crippen molar-refractivity contribution >= 4 is 17.5 Å². The summed E-state index contributed by atoms with van der Waals surface area (Å²) in [6.07, 6.45) is 0.602. The molecule has 0 aliphatic rings. The molecule has 30 heavy (non-hydrogen) atoms. The molecule has 0 heterocycles. The molecular weight excluding hydrogens is 376 g/mol. The van der Waals surface area contributed by atoms with Gasteiger partial charge in [-0.1, -0.05) is 66.7 Å². The van der Waals surface area contributed by atoms with E-state index in [2.05, 4.69) is 22.8 Å². The predicted octanol–water partition coefficient (Wildman–Crippen LogP) is 3.84. The second-order valence-corrected chi connectivity index (χ2v) is 7.00. The Morgan fingerprint density at radius 3 is 1.93 bits per heavy atom. The van der Waals surface area contributed by atoms with Gasteiger partial charge in [0.25, 0.3) is 0 Å². The number of amides is 2. The molecule has 154 valence electrons. The lowest BCUT2D eigenvalue weighted by Crippen LogP contribution is -2.28. The Bertz CT molecular complexity index is 952. The van der Waals surface area contributed by atoms with Gasteiger partial charge >= 0.3 is 0 Å². The molecule has 0 saturated carbocycles. The normalized spacial score (nSPS) is 10.4. The predicted molar refractivity (Wildman–Crippen MR) is 119 cm³/mol. The fourth-order valence-electron chi connectivity index (χ4n) is 3.08. The van der Waals surface area contributed by atoms with E-state index in [-0.39, 0.29) is 11.8 Å². The van der Waals surface area contributed by atoms with E-state index >= 15 is 0 Å². The minimum Gasteiger partial charge on any atom is -0.383 e. The molecule has 2 N–H and O–H groups in total. The first-order valence-electron chi connectivity index (χ1n) is 9.93. The van der Waals surface area contributed by atoms with Crippen LogP contribution >= 0.6 is 0 Å². The van der Waals surface area contributed by atoms with Crippen LogP contribution in [0.25, 0.3) is 11.1 Å². The largest absolute Gasteiger partial charge is 0.383 e. The van der Waals surface area contributed by atoms with Crippen LogP contribution in [0.1, 0.15) is 11.1 Å². The molecule has 5 nitrogen and oxygen atoms in total. The number of methoxy groups -OCH3 is 1. The van der Waals surface area contributed by atoms with Crippen molar-refractivity contribution in [1.82, 2.24) is 5.32 Å². The minimum atomic E-state index is -0.0764. The monoisotopic (exact) mass is 402 g/mol. The molecule has 0 bridgehead atoms. The zero-order chi connectivity index (χ0) is 21.2. The van der Waals surface area contributed by atoms with Crippen LogP contribution < -0.4 is 10.6 Å². The summed E-state index contributed by atoms with van der Waals surface area (Å²) < 4.78 is 4.91. The second-order valence-electron chi connectivity index (χ2n) is 7.00. The van der Waals surface area contributed by atoms with Gasteiger partial charge in [0.2, 0.25) is 11.8 Å². The molecular formula is C25H26N2O3. The van der Waals surface area contributed by atoms with Crippen molar-refractivity contribution in [1.29, 1.82) is 0 Å². The highest BCUT2D eigenvalue weighted by atomic mass is 16.5. The average Bonchev–Trinajstić information content (AvgIpc) is 2.76. The maximum absolute atomic E-state index is 12.4. The molecule has 3 aromatic carbocycles. The summed E-state index contributed by atoms with van der Waals surface area (Å²) >= 11 is 0. The number of hydrogen-bond acceptors (Lipinski definition) is 3. The molecule has 2 amide bonds. The van der Waals surface area contributed by atoms with Crippen molar-refractivity contribution in [2.24, 2.45) is 0 Å². The lowest BCUT2D eigenvalue weighted by Gasteiger charge is -2.08. The lowest BCUT2D eigenvalue weighted by atomic mass is 10.0. The third-order valence-corrected chi connectivity index (χ3v) is 4.66. The van der Waals surface area contributed by atoms with E-state index in [0.29, 0.717) is 31.7 Å². The fraction of sp³-hybridized carbons (Fsp3) is 0.200. The van der Waals surface area contributed by atoms with Crippen molar-refractivity contribution in [3.05, 3.63) is 90.0 Å². The maximum Gasteiger partial charge on any atom is 0.228 e. The Labute approximate surface area is 177 Å². The molecule has 0 aliphatic heterocycles. The summed E-state index contributed by atoms with van der Waals surface area (Å²) in [5, 5.41) is 5.69. The summed E-state index contributed by atoms with van der Waals surface area (Å²) in [5.74, 6) is -0.129. The van der Waals surface area contributed by atoms with Crippen LogP contribution in [-0.4, -0.2) is 32.1 Å². The highest BCUT2D eigenvalue weighted by Crippen LogP contribution is 2.19. The smallest absolute Gasteiger partial charge is 0.228 e. The molecule has 0 aromatic heterocycles. The molecule has 0 radical (unpaired) electrons. The topological polar surface area (TPSA) is 67.4 Å². The van der Waals surface area contributed by atoms with Crippen molar-refractivity contribution in [2.45, 2.75) is 12.8 Å². The van der Waals surface area contributed by atoms with Gasteiger partial charge in [0, 0.05) is 19.3 Å². The van der Waals surface area contributed by atoms with E-state index in [1.807, 2.05) is 66.7 Å². The van der Waals surface area contributed by atoms with Crippen LogP contribution in [0.2, 0.25) is 0 Å². The summed E-state index contributed by atoms with van der Waals surface area (Å²) in [5.41, 5.74) is 4.84. The van der Waals surface area contributed by atoms with E-state index < -0.39 is 0 Å². The van der Waals surface area contributed by atoms with E-state index in [1.54, 1.807) is 7.11 Å². The Balaban J connectivity index is 1.49. The first-order chi connectivity index (χ1) is 14.6. The van der Waals surface area contributed by atoms with E-state index in [0.717, 1.165) is 22.3 Å². The SMILES string of the molecule is COCCNC(=O)Cc1ccc(NC(=O)Cc2ccc(-c3ccccc3)cc2)cc1. The van der Waals surface area contributed by atoms with Gasteiger partial charge in [0.05, 0.1) is 19.4 Å². The molecule has 0 aliphatic carbocycles. The summed E-state index contributed by atoms with van der Waals surface area (Å²) in [6, 6.07) is 25.5. The molecule has 3 aromatic rings. The van der Waals surface area contributed by atoms with Crippen LogP contribution in [0.4, 0.5) is 5.69 Å². The summed E-state index contributed by atoms with van der Waals surface area (Å²) in [7, 11) is 1.60. The third-order valence-electron chi connectivity index (χ3n) is 4.66. The average molecular weight is 402 g/mol. The van der Waals surface area contributed by atoms with Gasteiger partial charge < -0.3 is 15.4 Å². The van der Waals surface area contributed by atoms with E-state index in [9.17, 15) is 9.59 Å². The van der Waals surface area contributed by atoms with Gasteiger partial charge in [-0.15, -0.1) is 0 Å². The molecule has 0 saturated heterocycles. The van der Waals surface area contributed by atoms with Crippen molar-refractivity contribution in [3.8, 4) is 11.1 Å². The zero-order valence-electron chi connectivity index (χ0n) is 17.1. The van der Waals surface area contributed by atoms with Crippen LogP contribution in [-0.2, 0) is 27.2 Å². The number of hydrogen-bond donors (Lipinski definition) is 2. The number of ether oxygens (including phenoxy) is 1. The van der Waals surface area contributed by atoms with Crippen LogP contribution in [0, 0.1) is 0 Å². The first kappa shape index (κ1) is 21.3. The molecule has 0 unspecified atom stereocenters. The quantitative estimate of drug-likeness (QED) is 0.535. The standard InChI is InChI=1S/C25H26N2O3/c1-30-16-15-26-24(28)17-20-9-13-23(14-10-20)27-25(29)18-19-7-11-22(12-8-19)21-5-3-2-4-6-21/h2-14H,15-18H2,1H3,(H,26,28)(H,27,29). The van der Waals surface area contributed by atoms with Gasteiger partial charge in [0.1, 0.15) is 0 Å². The third kappa shape index (κ3) is 6.57. The summed E-state index contributed by atoms with van der Waals surface area (Å²) in [6.45, 7) is 0.988. The van der Waals surface area contributed by atoms with E-state index in [1.165, 1.54) is 0 Å². The Hall–Kier alpha value is -3.44. The maximum atomic E-state index is 12.4. The fourth-order valence-corrected chi connectivity index (χ4v) is 3.08. The number of benzene rings is 3. The van der Waals surface area contributed by atoms with Gasteiger partial charge in [-0.25, -0.2) is 0 Å². The van der Waals surface area contributed by atoms with E-state index in [4.69, 9.17) is 4.74 Å². The number of rotatable bonds is 9. The minimum absolute atomic E-state index is 0.0530. The second kappa shape index (κ2) is 10.9. The van der Waals surface area contributed by atoms with Gasteiger partial charge in [-0.3, -0.25) is 9.59 Å². The Morgan fingerprint density at radius 2 is 1.30 bits per heavy atom. The van der Waals surface area contributed by atoms with Crippen molar-refractivity contribution in [3.63, 3.8) is 0 Å². The highest BCUT2D eigenvalue weighted by Gasteiger charge is 2.07. The number of nitrogens with one attached hydrogen (secondary N) is 2.